The van der Waals surface area contributed by atoms with Gasteiger partial charge >= 0.3 is 0 Å². The molecule has 1 aliphatic rings. The van der Waals surface area contributed by atoms with Crippen LogP contribution in [-0.2, 0) is 22.6 Å². The lowest BCUT2D eigenvalue weighted by molar-refractivity contribution is -0.121. The summed E-state index contributed by atoms with van der Waals surface area (Å²) in [6.07, 6.45) is 4.81. The molecule has 0 saturated carbocycles. The number of aromatic nitrogens is 3. The lowest BCUT2D eigenvalue weighted by atomic mass is 10.1. The highest BCUT2D eigenvalue weighted by atomic mass is 32.1. The largest absolute Gasteiger partial charge is 0.356 e. The number of carbonyl (C=O) groups is 3. The Balaban J connectivity index is 1.24. The van der Waals surface area contributed by atoms with Crippen LogP contribution in [0.1, 0.15) is 54.0 Å². The van der Waals surface area contributed by atoms with E-state index in [0.717, 1.165) is 43.0 Å². The third kappa shape index (κ3) is 6.13. The second kappa shape index (κ2) is 11.0. The number of aryl methyl sites for hydroxylation is 1. The molecule has 2 N–H and O–H groups in total. The second-order valence-electron chi connectivity index (χ2n) is 8.03. The molecule has 0 fully saturated rings. The molecule has 3 aromatic rings. The number of ketones is 1. The van der Waals surface area contributed by atoms with Crippen LogP contribution in [0.25, 0.3) is 11.4 Å². The van der Waals surface area contributed by atoms with Crippen molar-refractivity contribution in [1.29, 1.82) is 0 Å². The van der Waals surface area contributed by atoms with Crippen LogP contribution in [0.3, 0.4) is 0 Å². The van der Waals surface area contributed by atoms with E-state index in [0.29, 0.717) is 10.6 Å². The van der Waals surface area contributed by atoms with Gasteiger partial charge in [0.05, 0.1) is 4.88 Å². The molecule has 1 aromatic carbocycles. The fraction of sp³-hybridized carbons (Fsp3) is 0.375. The zero-order valence-electron chi connectivity index (χ0n) is 18.4. The van der Waals surface area contributed by atoms with E-state index in [1.807, 2.05) is 35.7 Å². The van der Waals surface area contributed by atoms with E-state index in [-0.39, 0.29) is 43.4 Å². The van der Waals surface area contributed by atoms with Gasteiger partial charge in [0.1, 0.15) is 5.82 Å². The van der Waals surface area contributed by atoms with Gasteiger partial charge in [-0.1, -0.05) is 24.6 Å². The third-order valence-electron chi connectivity index (χ3n) is 5.56. The number of Topliss-reactive ketones (excluding diaryl/α,β-unsaturated/α-hetero) is 1. The minimum Gasteiger partial charge on any atom is -0.356 e. The van der Waals surface area contributed by atoms with Crippen LogP contribution in [0.5, 0.6) is 0 Å². The minimum absolute atomic E-state index is 0.0395. The zero-order chi connectivity index (χ0) is 23.0. The number of fused-ring (bicyclic) bond motifs is 1. The third-order valence-corrected chi connectivity index (χ3v) is 6.47. The zero-order valence-corrected chi connectivity index (χ0v) is 19.2. The molecule has 33 heavy (non-hydrogen) atoms. The number of nitrogens with one attached hydrogen (secondary N) is 2. The molecule has 3 heterocycles. The van der Waals surface area contributed by atoms with Crippen molar-refractivity contribution in [3.05, 3.63) is 52.5 Å². The lowest BCUT2D eigenvalue weighted by Gasteiger charge is -2.10. The summed E-state index contributed by atoms with van der Waals surface area (Å²) in [7, 11) is 0. The van der Waals surface area contributed by atoms with Gasteiger partial charge in [-0.2, -0.15) is 0 Å². The maximum atomic E-state index is 12.3. The normalized spacial score (nSPS) is 13.1. The van der Waals surface area contributed by atoms with Gasteiger partial charge in [-0.15, -0.1) is 21.5 Å². The summed E-state index contributed by atoms with van der Waals surface area (Å²) in [5, 5.41) is 16.1. The first-order chi connectivity index (χ1) is 16.1. The average Bonchev–Trinajstić information content (AvgIpc) is 3.43. The van der Waals surface area contributed by atoms with Gasteiger partial charge < -0.3 is 15.2 Å². The van der Waals surface area contributed by atoms with Crippen molar-refractivity contribution in [1.82, 2.24) is 20.1 Å². The number of thiophene rings is 1. The summed E-state index contributed by atoms with van der Waals surface area (Å²) in [5.41, 5.74) is 1.59. The Morgan fingerprint density at radius 3 is 2.73 bits per heavy atom. The number of hydrogen-bond acceptors (Lipinski definition) is 6. The molecule has 4 rings (SSSR count). The van der Waals surface area contributed by atoms with Crippen LogP contribution >= 0.6 is 11.3 Å². The highest BCUT2D eigenvalue weighted by molar-refractivity contribution is 7.12. The molecule has 8 nitrogen and oxygen atoms in total. The molecule has 0 bridgehead atoms. The van der Waals surface area contributed by atoms with Crippen molar-refractivity contribution in [3.63, 3.8) is 0 Å². The van der Waals surface area contributed by atoms with Crippen LogP contribution in [0.4, 0.5) is 5.69 Å². The highest BCUT2D eigenvalue weighted by Gasteiger charge is 2.16. The van der Waals surface area contributed by atoms with E-state index in [1.165, 1.54) is 17.8 Å². The number of benzene rings is 1. The summed E-state index contributed by atoms with van der Waals surface area (Å²) < 4.78 is 2.17. The smallest absolute Gasteiger partial charge is 0.226 e. The molecule has 0 radical (unpaired) electrons. The Morgan fingerprint density at radius 2 is 1.88 bits per heavy atom. The molecule has 0 atom stereocenters. The SMILES string of the molecule is O=C(CCC(=O)c1cccs1)NCCC(=O)Nc1cccc(-c2nnc3n2CCCCC3)c1. The Hall–Kier alpha value is -3.33. The standard InChI is InChI=1S/C24H27N5O3S/c30-19(20-8-5-15-33-20)10-11-22(31)25-13-12-23(32)26-18-7-4-6-17(16-18)24-28-27-21-9-2-1-3-14-29(21)24/h4-8,15-16H,1-3,9-14H2,(H,25,31)(H,26,32). The highest BCUT2D eigenvalue weighted by Crippen LogP contribution is 2.25. The van der Waals surface area contributed by atoms with E-state index >= 15 is 0 Å². The molecular weight excluding hydrogens is 438 g/mol. The van der Waals surface area contributed by atoms with Gasteiger partial charge in [-0.05, 0) is 36.4 Å². The molecule has 1 aliphatic heterocycles. The first-order valence-corrected chi connectivity index (χ1v) is 12.1. The van der Waals surface area contributed by atoms with E-state index < -0.39 is 0 Å². The van der Waals surface area contributed by atoms with Crippen LogP contribution in [0, 0.1) is 0 Å². The van der Waals surface area contributed by atoms with Crippen molar-refractivity contribution in [2.75, 3.05) is 11.9 Å². The Labute approximate surface area is 196 Å². The fourth-order valence-corrected chi connectivity index (χ4v) is 4.54. The van der Waals surface area contributed by atoms with Gasteiger partial charge in [0.15, 0.2) is 11.6 Å². The van der Waals surface area contributed by atoms with Gasteiger partial charge in [0.25, 0.3) is 0 Å². The van der Waals surface area contributed by atoms with Crippen molar-refractivity contribution >= 4 is 34.6 Å². The molecule has 9 heteroatoms. The average molecular weight is 466 g/mol. The predicted molar refractivity (Wildman–Crippen MR) is 127 cm³/mol. The van der Waals surface area contributed by atoms with Crippen LogP contribution in [0.2, 0.25) is 0 Å². The Kier molecular flexibility index (Phi) is 7.62. The second-order valence-corrected chi connectivity index (χ2v) is 8.98. The van der Waals surface area contributed by atoms with Crippen molar-refractivity contribution in [3.8, 4) is 11.4 Å². The molecule has 2 aromatic heterocycles. The summed E-state index contributed by atoms with van der Waals surface area (Å²) in [6.45, 7) is 1.13. The number of amides is 2. The molecule has 0 saturated heterocycles. The summed E-state index contributed by atoms with van der Waals surface area (Å²) in [4.78, 5) is 36.9. The number of rotatable bonds is 9. The fourth-order valence-electron chi connectivity index (χ4n) is 3.85. The maximum absolute atomic E-state index is 12.3. The molecule has 0 unspecified atom stereocenters. The van der Waals surface area contributed by atoms with E-state index in [4.69, 9.17) is 0 Å². The predicted octanol–water partition coefficient (Wildman–Crippen LogP) is 3.84. The lowest BCUT2D eigenvalue weighted by Crippen LogP contribution is -2.27. The summed E-state index contributed by atoms with van der Waals surface area (Å²) >= 11 is 1.37. The molecule has 172 valence electrons. The maximum Gasteiger partial charge on any atom is 0.226 e. The summed E-state index contributed by atoms with van der Waals surface area (Å²) in [5.74, 6) is 1.38. The summed E-state index contributed by atoms with van der Waals surface area (Å²) in [6, 6.07) is 11.1. The van der Waals surface area contributed by atoms with Gasteiger partial charge in [-0.25, -0.2) is 0 Å². The van der Waals surface area contributed by atoms with Gasteiger partial charge in [0, 0.05) is 50.0 Å². The molecular formula is C24H27N5O3S. The van der Waals surface area contributed by atoms with Crippen molar-refractivity contribution in [2.45, 2.75) is 51.5 Å². The van der Waals surface area contributed by atoms with Gasteiger partial charge in [0.2, 0.25) is 11.8 Å². The van der Waals surface area contributed by atoms with E-state index in [9.17, 15) is 14.4 Å². The number of nitrogens with zero attached hydrogens (tertiary/aromatic N) is 3. The number of hydrogen-bond donors (Lipinski definition) is 2. The van der Waals surface area contributed by atoms with E-state index in [1.54, 1.807) is 6.07 Å². The minimum atomic E-state index is -0.234. The number of carbonyl (C=O) groups excluding carboxylic acids is 3. The topological polar surface area (TPSA) is 106 Å². The molecule has 0 spiro atoms. The quantitative estimate of drug-likeness (QED) is 0.467. The number of anilines is 1. The van der Waals surface area contributed by atoms with Crippen LogP contribution in [0.15, 0.2) is 41.8 Å². The van der Waals surface area contributed by atoms with Crippen molar-refractivity contribution in [2.24, 2.45) is 0 Å². The molecule has 0 aliphatic carbocycles. The van der Waals surface area contributed by atoms with E-state index in [2.05, 4.69) is 25.4 Å². The van der Waals surface area contributed by atoms with Crippen molar-refractivity contribution < 1.29 is 14.4 Å². The van der Waals surface area contributed by atoms with Crippen LogP contribution in [-0.4, -0.2) is 38.9 Å². The first kappa shape index (κ1) is 22.8. The Bertz CT molecular complexity index is 1120. The Morgan fingerprint density at radius 1 is 0.970 bits per heavy atom. The molecule has 2 amide bonds. The van der Waals surface area contributed by atoms with Crippen LogP contribution < -0.4 is 10.6 Å². The monoisotopic (exact) mass is 465 g/mol. The first-order valence-electron chi connectivity index (χ1n) is 11.3. The van der Waals surface area contributed by atoms with Gasteiger partial charge in [-0.3, -0.25) is 14.4 Å².